The molecule has 1 atom stereocenters. The first kappa shape index (κ1) is 16.6. The summed E-state index contributed by atoms with van der Waals surface area (Å²) in [6, 6.07) is 0. The van der Waals surface area contributed by atoms with Gasteiger partial charge in [0.15, 0.2) is 5.78 Å². The summed E-state index contributed by atoms with van der Waals surface area (Å²) < 4.78 is 5.25. The van der Waals surface area contributed by atoms with Gasteiger partial charge in [0.25, 0.3) is 0 Å². The van der Waals surface area contributed by atoms with Crippen molar-refractivity contribution in [2.45, 2.75) is 53.4 Å². The molecule has 102 valence electrons. The van der Waals surface area contributed by atoms with Crippen molar-refractivity contribution in [2.75, 3.05) is 19.8 Å². The molecule has 0 amide bonds. The zero-order valence-corrected chi connectivity index (χ0v) is 11.9. The lowest BCUT2D eigenvalue weighted by atomic mass is 9.76. The average Bonchev–Trinajstić information content (AvgIpc) is 2.23. The predicted molar refractivity (Wildman–Crippen MR) is 72.0 cm³/mol. The maximum Gasteiger partial charge on any atom is 0.158 e. The van der Waals surface area contributed by atoms with Gasteiger partial charge in [-0.05, 0) is 37.1 Å². The molecule has 0 aromatic heterocycles. The van der Waals surface area contributed by atoms with Gasteiger partial charge in [0.2, 0.25) is 0 Å². The molecule has 0 spiro atoms. The highest BCUT2D eigenvalue weighted by atomic mass is 16.5. The summed E-state index contributed by atoms with van der Waals surface area (Å²) in [7, 11) is 0. The van der Waals surface area contributed by atoms with E-state index in [1.54, 1.807) is 0 Å². The molecule has 0 aromatic carbocycles. The lowest BCUT2D eigenvalue weighted by Gasteiger charge is -2.30. The Kier molecular flexibility index (Phi) is 8.44. The summed E-state index contributed by atoms with van der Waals surface area (Å²) >= 11 is 0. The largest absolute Gasteiger partial charge is 0.374 e. The van der Waals surface area contributed by atoms with Crippen LogP contribution in [0, 0.1) is 11.3 Å². The molecular weight excluding hydrogens is 214 g/mol. The number of carbonyl (C=O) groups is 1. The Hall–Kier alpha value is -0.410. The Labute approximate surface area is 106 Å². The van der Waals surface area contributed by atoms with E-state index < -0.39 is 0 Å². The number of ether oxygens (including phenoxy) is 1. The first-order valence-electron chi connectivity index (χ1n) is 6.71. The predicted octanol–water partition coefficient (Wildman–Crippen LogP) is 2.77. The molecule has 0 aliphatic carbocycles. The number of rotatable bonds is 9. The van der Waals surface area contributed by atoms with E-state index in [2.05, 4.69) is 20.8 Å². The van der Waals surface area contributed by atoms with Crippen molar-refractivity contribution in [3.63, 3.8) is 0 Å². The second kappa shape index (κ2) is 8.65. The third-order valence-corrected chi connectivity index (χ3v) is 3.12. The van der Waals surface area contributed by atoms with Gasteiger partial charge >= 0.3 is 0 Å². The van der Waals surface area contributed by atoms with E-state index in [-0.39, 0.29) is 17.8 Å². The topological polar surface area (TPSA) is 52.3 Å². The van der Waals surface area contributed by atoms with Gasteiger partial charge < -0.3 is 10.5 Å². The second-order valence-corrected chi connectivity index (χ2v) is 5.77. The van der Waals surface area contributed by atoms with E-state index in [1.807, 2.05) is 6.92 Å². The molecule has 0 radical (unpaired) electrons. The van der Waals surface area contributed by atoms with Gasteiger partial charge in [-0.3, -0.25) is 4.79 Å². The van der Waals surface area contributed by atoms with Crippen LogP contribution in [0.3, 0.4) is 0 Å². The highest BCUT2D eigenvalue weighted by molar-refractivity contribution is 5.79. The second-order valence-electron chi connectivity index (χ2n) is 5.77. The lowest BCUT2D eigenvalue weighted by Crippen LogP contribution is -2.24. The number of hydrogen-bond donors (Lipinski definition) is 1. The van der Waals surface area contributed by atoms with Crippen LogP contribution in [0.25, 0.3) is 0 Å². The fourth-order valence-electron chi connectivity index (χ4n) is 1.95. The maximum atomic E-state index is 11.6. The molecule has 3 heteroatoms. The fourth-order valence-corrected chi connectivity index (χ4v) is 1.95. The molecule has 17 heavy (non-hydrogen) atoms. The van der Waals surface area contributed by atoms with Crippen molar-refractivity contribution in [3.05, 3.63) is 0 Å². The zero-order chi connectivity index (χ0) is 13.3. The van der Waals surface area contributed by atoms with Crippen LogP contribution < -0.4 is 5.73 Å². The van der Waals surface area contributed by atoms with Crippen LogP contribution in [0.15, 0.2) is 0 Å². The van der Waals surface area contributed by atoms with Crippen LogP contribution in [-0.4, -0.2) is 25.5 Å². The Morgan fingerprint density at radius 3 is 2.41 bits per heavy atom. The van der Waals surface area contributed by atoms with Gasteiger partial charge in [-0.1, -0.05) is 27.7 Å². The molecule has 0 aromatic rings. The monoisotopic (exact) mass is 243 g/mol. The Balaban J connectivity index is 3.92. The molecule has 0 saturated heterocycles. The first-order chi connectivity index (χ1) is 7.91. The van der Waals surface area contributed by atoms with Crippen molar-refractivity contribution in [3.8, 4) is 0 Å². The molecule has 1 unspecified atom stereocenters. The van der Waals surface area contributed by atoms with Crippen molar-refractivity contribution in [1.82, 2.24) is 0 Å². The summed E-state index contributed by atoms with van der Waals surface area (Å²) in [5.74, 6) is 0.729. The van der Waals surface area contributed by atoms with Crippen molar-refractivity contribution in [1.29, 1.82) is 0 Å². The van der Waals surface area contributed by atoms with Crippen LogP contribution >= 0.6 is 0 Å². The molecule has 0 saturated carbocycles. The Morgan fingerprint density at radius 2 is 1.94 bits per heavy atom. The van der Waals surface area contributed by atoms with Crippen molar-refractivity contribution in [2.24, 2.45) is 17.1 Å². The van der Waals surface area contributed by atoms with E-state index in [9.17, 15) is 4.79 Å². The molecule has 0 aliphatic heterocycles. The fraction of sp³-hybridized carbons (Fsp3) is 0.929. The molecule has 2 N–H and O–H groups in total. The molecule has 0 bridgehead atoms. The van der Waals surface area contributed by atoms with Crippen LogP contribution in [0.4, 0.5) is 0 Å². The minimum atomic E-state index is 0.213. The van der Waals surface area contributed by atoms with Crippen LogP contribution in [-0.2, 0) is 9.53 Å². The SMILES string of the molecule is CCCOCC(=O)CCC(CCN)C(C)(C)C. The Bertz CT molecular complexity index is 209. The third-order valence-electron chi connectivity index (χ3n) is 3.12. The lowest BCUT2D eigenvalue weighted by molar-refractivity contribution is -0.124. The van der Waals surface area contributed by atoms with Gasteiger partial charge in [0, 0.05) is 13.0 Å². The maximum absolute atomic E-state index is 11.6. The Morgan fingerprint density at radius 1 is 1.29 bits per heavy atom. The standard InChI is InChI=1S/C14H29NO2/c1-5-10-17-11-13(16)7-6-12(8-9-15)14(2,3)4/h12H,5-11,15H2,1-4H3. The summed E-state index contributed by atoms with van der Waals surface area (Å²) in [5, 5.41) is 0. The van der Waals surface area contributed by atoms with Crippen molar-refractivity contribution < 1.29 is 9.53 Å². The molecule has 0 fully saturated rings. The number of Topliss-reactive ketones (excluding diaryl/α,β-unsaturated/α-hetero) is 1. The van der Waals surface area contributed by atoms with Crippen LogP contribution in [0.1, 0.15) is 53.4 Å². The number of carbonyl (C=O) groups excluding carboxylic acids is 1. The summed E-state index contributed by atoms with van der Waals surface area (Å²) in [5.41, 5.74) is 5.85. The summed E-state index contributed by atoms with van der Waals surface area (Å²) in [4.78, 5) is 11.6. The molecular formula is C14H29NO2. The minimum absolute atomic E-state index is 0.213. The quantitative estimate of drug-likeness (QED) is 0.634. The highest BCUT2D eigenvalue weighted by Gasteiger charge is 2.24. The number of ketones is 1. The molecule has 3 nitrogen and oxygen atoms in total. The van der Waals surface area contributed by atoms with E-state index in [1.165, 1.54) is 0 Å². The van der Waals surface area contributed by atoms with E-state index in [0.717, 1.165) is 19.3 Å². The van der Waals surface area contributed by atoms with E-state index >= 15 is 0 Å². The van der Waals surface area contributed by atoms with E-state index in [4.69, 9.17) is 10.5 Å². The van der Waals surface area contributed by atoms with Crippen LogP contribution in [0.2, 0.25) is 0 Å². The molecule has 0 rings (SSSR count). The van der Waals surface area contributed by atoms with Gasteiger partial charge in [-0.15, -0.1) is 0 Å². The van der Waals surface area contributed by atoms with Gasteiger partial charge in [0.1, 0.15) is 6.61 Å². The number of nitrogens with two attached hydrogens (primary N) is 1. The smallest absolute Gasteiger partial charge is 0.158 e. The number of hydrogen-bond acceptors (Lipinski definition) is 3. The summed E-state index contributed by atoms with van der Waals surface area (Å²) in [6.45, 7) is 10.3. The highest BCUT2D eigenvalue weighted by Crippen LogP contribution is 2.32. The van der Waals surface area contributed by atoms with E-state index in [0.29, 0.717) is 25.5 Å². The van der Waals surface area contributed by atoms with Crippen LogP contribution in [0.5, 0.6) is 0 Å². The average molecular weight is 243 g/mol. The zero-order valence-electron chi connectivity index (χ0n) is 11.9. The van der Waals surface area contributed by atoms with Gasteiger partial charge in [0.05, 0.1) is 0 Å². The summed E-state index contributed by atoms with van der Waals surface area (Å²) in [6.07, 6.45) is 3.50. The van der Waals surface area contributed by atoms with Gasteiger partial charge in [-0.25, -0.2) is 0 Å². The molecule has 0 aliphatic rings. The molecule has 0 heterocycles. The van der Waals surface area contributed by atoms with Gasteiger partial charge in [-0.2, -0.15) is 0 Å². The first-order valence-corrected chi connectivity index (χ1v) is 6.71. The normalized spacial score (nSPS) is 13.7. The van der Waals surface area contributed by atoms with Crippen molar-refractivity contribution >= 4 is 5.78 Å². The third kappa shape index (κ3) is 8.33. The minimum Gasteiger partial charge on any atom is -0.374 e.